The van der Waals surface area contributed by atoms with E-state index in [2.05, 4.69) is 84.5 Å². The van der Waals surface area contributed by atoms with Gasteiger partial charge in [0, 0.05) is 43.1 Å². The molecule has 0 saturated heterocycles. The highest BCUT2D eigenvalue weighted by atomic mass is 15.1. The fourth-order valence-corrected chi connectivity index (χ4v) is 3.33. The molecule has 0 fully saturated rings. The zero-order valence-electron chi connectivity index (χ0n) is 17.6. The molecule has 1 heterocycles. The number of nitrogens with two attached hydrogens (primary N) is 1. The molecule has 0 bridgehead atoms. The van der Waals surface area contributed by atoms with Gasteiger partial charge < -0.3 is 10.6 Å². The van der Waals surface area contributed by atoms with Crippen LogP contribution in [0.4, 0.5) is 5.69 Å². The monoisotopic (exact) mass is 378 g/mol. The molecule has 0 aliphatic heterocycles. The van der Waals surface area contributed by atoms with E-state index in [4.69, 9.17) is 5.73 Å². The Balaban J connectivity index is 2.16. The average molecular weight is 379 g/mol. The number of hydrogen-bond donors (Lipinski definition) is 1. The quantitative estimate of drug-likeness (QED) is 0.518. The van der Waals surface area contributed by atoms with Gasteiger partial charge >= 0.3 is 0 Å². The molecular weight excluding hydrogens is 342 g/mol. The van der Waals surface area contributed by atoms with Crippen LogP contribution in [0.3, 0.4) is 0 Å². The van der Waals surface area contributed by atoms with Gasteiger partial charge in [-0.05, 0) is 42.7 Å². The highest BCUT2D eigenvalue weighted by molar-refractivity contribution is 5.68. The van der Waals surface area contributed by atoms with E-state index < -0.39 is 0 Å². The van der Waals surface area contributed by atoms with Gasteiger partial charge in [-0.25, -0.2) is 0 Å². The van der Waals surface area contributed by atoms with Crippen LogP contribution in [0.25, 0.3) is 18.2 Å². The lowest BCUT2D eigenvalue weighted by atomic mass is 10.1. The minimum atomic E-state index is 0.608. The number of pyridine rings is 1. The van der Waals surface area contributed by atoms with Gasteiger partial charge in [-0.15, -0.1) is 0 Å². The maximum atomic E-state index is 5.79. The van der Waals surface area contributed by atoms with Gasteiger partial charge in [-0.3, -0.25) is 0 Å². The second kappa shape index (κ2) is 12.1. The number of benzene rings is 1. The van der Waals surface area contributed by atoms with Gasteiger partial charge in [-0.2, -0.15) is 4.57 Å². The molecule has 150 valence electrons. The average Bonchev–Trinajstić information content (AvgIpc) is 2.73. The normalized spacial score (nSPS) is 11.1. The SMILES string of the molecule is C=Cc1cccc(/C=C/c2ccc(N(CCCC)CCCC)cc2)[n+]1CCN. The molecule has 2 aromatic rings. The molecule has 0 aliphatic rings. The predicted molar refractivity (Wildman–Crippen MR) is 123 cm³/mol. The Kier molecular flexibility index (Phi) is 9.50. The second-order valence-electron chi connectivity index (χ2n) is 7.14. The van der Waals surface area contributed by atoms with Crippen LogP contribution >= 0.6 is 0 Å². The second-order valence-corrected chi connectivity index (χ2v) is 7.14. The summed E-state index contributed by atoms with van der Waals surface area (Å²) >= 11 is 0. The summed E-state index contributed by atoms with van der Waals surface area (Å²) in [6.45, 7) is 12.1. The number of hydrogen-bond acceptors (Lipinski definition) is 2. The van der Waals surface area contributed by atoms with Crippen molar-refractivity contribution in [2.45, 2.75) is 46.1 Å². The molecule has 0 radical (unpaired) electrons. The predicted octanol–water partition coefficient (Wildman–Crippen LogP) is 5.15. The van der Waals surface area contributed by atoms with Crippen molar-refractivity contribution in [1.29, 1.82) is 0 Å². The number of anilines is 1. The van der Waals surface area contributed by atoms with Crippen molar-refractivity contribution in [1.82, 2.24) is 0 Å². The van der Waals surface area contributed by atoms with E-state index in [0.29, 0.717) is 6.54 Å². The van der Waals surface area contributed by atoms with E-state index >= 15 is 0 Å². The van der Waals surface area contributed by atoms with Crippen molar-refractivity contribution in [3.63, 3.8) is 0 Å². The molecule has 0 amide bonds. The maximum Gasteiger partial charge on any atom is 0.205 e. The minimum absolute atomic E-state index is 0.608. The largest absolute Gasteiger partial charge is 0.372 e. The van der Waals surface area contributed by atoms with E-state index in [-0.39, 0.29) is 0 Å². The molecule has 0 unspecified atom stereocenters. The molecule has 0 saturated carbocycles. The van der Waals surface area contributed by atoms with Crippen molar-refractivity contribution in [2.24, 2.45) is 5.73 Å². The lowest BCUT2D eigenvalue weighted by molar-refractivity contribution is -0.697. The molecule has 0 atom stereocenters. The van der Waals surface area contributed by atoms with Crippen LogP contribution in [0.5, 0.6) is 0 Å². The third kappa shape index (κ3) is 6.35. The Morgan fingerprint density at radius 1 is 0.929 bits per heavy atom. The van der Waals surface area contributed by atoms with E-state index in [9.17, 15) is 0 Å². The van der Waals surface area contributed by atoms with Crippen LogP contribution in [-0.4, -0.2) is 19.6 Å². The van der Waals surface area contributed by atoms with Gasteiger partial charge in [0.1, 0.15) is 0 Å². The van der Waals surface area contributed by atoms with Crippen molar-refractivity contribution in [3.05, 3.63) is 66.0 Å². The standard InChI is InChI=1S/C25H36N3/c1-4-7-19-27(20-8-5-2)24-15-12-22(13-16-24)14-17-25-11-9-10-23(6-3)28(25)21-18-26/h6,9-17H,3-5,7-8,18-21,26H2,1-2H3/q+1. The summed E-state index contributed by atoms with van der Waals surface area (Å²) in [5.74, 6) is 0. The van der Waals surface area contributed by atoms with E-state index in [1.165, 1.54) is 36.9 Å². The lowest BCUT2D eigenvalue weighted by Crippen LogP contribution is -2.43. The zero-order chi connectivity index (χ0) is 20.2. The first-order valence-electron chi connectivity index (χ1n) is 10.6. The smallest absolute Gasteiger partial charge is 0.205 e. The van der Waals surface area contributed by atoms with Crippen molar-refractivity contribution >= 4 is 23.9 Å². The number of unbranched alkanes of at least 4 members (excludes halogenated alkanes) is 2. The van der Waals surface area contributed by atoms with Gasteiger partial charge in [0.2, 0.25) is 11.4 Å². The third-order valence-electron chi connectivity index (χ3n) is 4.99. The van der Waals surface area contributed by atoms with Gasteiger partial charge in [-0.1, -0.05) is 45.4 Å². The summed E-state index contributed by atoms with van der Waals surface area (Å²) in [5, 5.41) is 0. The third-order valence-corrected chi connectivity index (χ3v) is 4.99. The first kappa shape index (κ1) is 21.9. The van der Waals surface area contributed by atoms with Gasteiger partial charge in [0.15, 0.2) is 6.54 Å². The molecule has 0 spiro atoms. The van der Waals surface area contributed by atoms with Crippen molar-refractivity contribution in [3.8, 4) is 0 Å². The first-order valence-corrected chi connectivity index (χ1v) is 10.6. The van der Waals surface area contributed by atoms with Crippen LogP contribution in [0.15, 0.2) is 49.0 Å². The fourth-order valence-electron chi connectivity index (χ4n) is 3.33. The van der Waals surface area contributed by atoms with Crippen LogP contribution < -0.4 is 15.2 Å². The Morgan fingerprint density at radius 2 is 1.57 bits per heavy atom. The molecule has 0 aliphatic carbocycles. The Morgan fingerprint density at radius 3 is 2.14 bits per heavy atom. The van der Waals surface area contributed by atoms with Crippen LogP contribution in [0, 0.1) is 0 Å². The van der Waals surface area contributed by atoms with E-state index in [0.717, 1.165) is 31.0 Å². The summed E-state index contributed by atoms with van der Waals surface area (Å²) in [4.78, 5) is 2.52. The number of aromatic nitrogens is 1. The van der Waals surface area contributed by atoms with Crippen molar-refractivity contribution in [2.75, 3.05) is 24.5 Å². The zero-order valence-corrected chi connectivity index (χ0v) is 17.6. The van der Waals surface area contributed by atoms with Gasteiger partial charge in [0.25, 0.3) is 0 Å². The number of nitrogens with zero attached hydrogens (tertiary/aromatic N) is 2. The summed E-state index contributed by atoms with van der Waals surface area (Å²) in [5.41, 5.74) is 10.5. The topological polar surface area (TPSA) is 33.1 Å². The Labute approximate surface area is 171 Å². The lowest BCUT2D eigenvalue weighted by Gasteiger charge is -2.24. The van der Waals surface area contributed by atoms with Crippen LogP contribution in [0.1, 0.15) is 56.5 Å². The molecule has 3 nitrogen and oxygen atoms in total. The molecule has 2 rings (SSSR count). The molecule has 2 N–H and O–H groups in total. The van der Waals surface area contributed by atoms with Crippen molar-refractivity contribution < 1.29 is 4.57 Å². The molecule has 28 heavy (non-hydrogen) atoms. The molecular formula is C25H36N3+. The molecule has 1 aromatic carbocycles. The highest BCUT2D eigenvalue weighted by Gasteiger charge is 2.11. The van der Waals surface area contributed by atoms with E-state index in [1.54, 1.807) is 0 Å². The molecule has 3 heteroatoms. The first-order chi connectivity index (χ1) is 13.7. The highest BCUT2D eigenvalue weighted by Crippen LogP contribution is 2.18. The Hall–Kier alpha value is -2.39. The van der Waals surface area contributed by atoms with Gasteiger partial charge in [0.05, 0.1) is 6.54 Å². The maximum absolute atomic E-state index is 5.79. The minimum Gasteiger partial charge on any atom is -0.372 e. The van der Waals surface area contributed by atoms with E-state index in [1.807, 2.05) is 6.08 Å². The fraction of sp³-hybridized carbons (Fsp3) is 0.400. The number of rotatable bonds is 12. The summed E-state index contributed by atoms with van der Waals surface area (Å²) in [6.07, 6.45) is 11.2. The summed E-state index contributed by atoms with van der Waals surface area (Å²) < 4.78 is 2.20. The molecule has 1 aromatic heterocycles. The van der Waals surface area contributed by atoms with Crippen LogP contribution in [0.2, 0.25) is 0 Å². The summed E-state index contributed by atoms with van der Waals surface area (Å²) in [6, 6.07) is 15.2. The van der Waals surface area contributed by atoms with Crippen LogP contribution in [-0.2, 0) is 6.54 Å². The Bertz CT molecular complexity index is 739. The summed E-state index contributed by atoms with van der Waals surface area (Å²) in [7, 11) is 0.